The van der Waals surface area contributed by atoms with Gasteiger partial charge in [-0.2, -0.15) is 0 Å². The lowest BCUT2D eigenvalue weighted by Gasteiger charge is -2.10. The van der Waals surface area contributed by atoms with Crippen LogP contribution in [0.15, 0.2) is 101 Å². The first-order chi connectivity index (χ1) is 16.2. The van der Waals surface area contributed by atoms with E-state index in [0.29, 0.717) is 16.4 Å². The van der Waals surface area contributed by atoms with E-state index in [-0.39, 0.29) is 0 Å². The fraction of sp³-hybridized carbons (Fsp3) is 0.0345. The molecular weight excluding hydrogens is 428 g/mol. The summed E-state index contributed by atoms with van der Waals surface area (Å²) in [6, 6.07) is 32.3. The summed E-state index contributed by atoms with van der Waals surface area (Å²) in [7, 11) is 0. The zero-order valence-electron chi connectivity index (χ0n) is 17.9. The van der Waals surface area contributed by atoms with Crippen LogP contribution in [0.3, 0.4) is 0 Å². The Labute approximate surface area is 196 Å². The van der Waals surface area contributed by atoms with Gasteiger partial charge in [-0.1, -0.05) is 78.3 Å². The molecule has 0 aliphatic carbocycles. The molecule has 6 aromatic rings. The van der Waals surface area contributed by atoms with Gasteiger partial charge in [-0.05, 0) is 53.9 Å². The largest absolute Gasteiger partial charge is 0.452 e. The van der Waals surface area contributed by atoms with Gasteiger partial charge in [-0.15, -0.1) is 0 Å². The average molecular weight is 447 g/mol. The molecule has 0 aliphatic heterocycles. The van der Waals surface area contributed by atoms with Crippen LogP contribution in [0.4, 0.5) is 0 Å². The predicted octanol–water partition coefficient (Wildman–Crippen LogP) is 8.34. The predicted molar refractivity (Wildman–Crippen MR) is 135 cm³/mol. The molecule has 0 aliphatic rings. The van der Waals surface area contributed by atoms with E-state index < -0.39 is 0 Å². The van der Waals surface area contributed by atoms with Crippen molar-refractivity contribution in [3.63, 3.8) is 0 Å². The molecule has 33 heavy (non-hydrogen) atoms. The van der Waals surface area contributed by atoms with Crippen molar-refractivity contribution in [2.75, 3.05) is 0 Å². The smallest absolute Gasteiger partial charge is 0.180 e. The Kier molecular flexibility index (Phi) is 4.70. The van der Waals surface area contributed by atoms with E-state index in [1.165, 1.54) is 0 Å². The van der Waals surface area contributed by atoms with E-state index in [1.807, 2.05) is 78.9 Å². The van der Waals surface area contributed by atoms with Gasteiger partial charge in [0.1, 0.15) is 16.8 Å². The maximum absolute atomic E-state index is 6.30. The third kappa shape index (κ3) is 3.47. The molecule has 6 rings (SSSR count). The maximum Gasteiger partial charge on any atom is 0.180 e. The number of benzene rings is 4. The number of fused-ring (bicyclic) bond motifs is 3. The van der Waals surface area contributed by atoms with Gasteiger partial charge in [-0.25, -0.2) is 9.97 Å². The lowest BCUT2D eigenvalue weighted by Crippen LogP contribution is -1.94. The van der Waals surface area contributed by atoms with E-state index in [9.17, 15) is 0 Å². The average Bonchev–Trinajstić information content (AvgIpc) is 3.24. The molecule has 0 N–H and O–H groups in total. The summed E-state index contributed by atoms with van der Waals surface area (Å²) >= 11 is 6.30. The number of hydrogen-bond acceptors (Lipinski definition) is 3. The topological polar surface area (TPSA) is 38.9 Å². The highest BCUT2D eigenvalue weighted by Gasteiger charge is 2.18. The molecule has 2 aromatic heterocycles. The molecule has 2 heterocycles. The quantitative estimate of drug-likeness (QED) is 0.274. The number of furan rings is 1. The zero-order valence-corrected chi connectivity index (χ0v) is 18.7. The summed E-state index contributed by atoms with van der Waals surface area (Å²) in [6.45, 7) is 2.09. The minimum absolute atomic E-state index is 0.675. The second-order valence-electron chi connectivity index (χ2n) is 8.08. The van der Waals surface area contributed by atoms with Crippen LogP contribution in [0.5, 0.6) is 0 Å². The monoisotopic (exact) mass is 446 g/mol. The molecule has 0 bridgehead atoms. The first-order valence-corrected chi connectivity index (χ1v) is 11.2. The van der Waals surface area contributed by atoms with E-state index in [1.54, 1.807) is 0 Å². The van der Waals surface area contributed by atoms with Gasteiger partial charge in [0.2, 0.25) is 0 Å². The number of para-hydroxylation sites is 1. The first-order valence-electron chi connectivity index (χ1n) is 10.8. The number of aromatic nitrogens is 2. The van der Waals surface area contributed by atoms with E-state index in [2.05, 4.69) is 25.1 Å². The summed E-state index contributed by atoms with van der Waals surface area (Å²) in [4.78, 5) is 9.88. The first kappa shape index (κ1) is 19.7. The molecular formula is C29H19ClN2O. The number of rotatable bonds is 3. The Morgan fingerprint density at radius 3 is 2.33 bits per heavy atom. The molecule has 3 nitrogen and oxygen atoms in total. The molecule has 158 valence electrons. The van der Waals surface area contributed by atoms with Crippen LogP contribution >= 0.6 is 11.6 Å². The van der Waals surface area contributed by atoms with Crippen LogP contribution in [0.2, 0.25) is 5.02 Å². The summed E-state index contributed by atoms with van der Waals surface area (Å²) in [5.74, 6) is 0.675. The molecule has 0 unspecified atom stereocenters. The Morgan fingerprint density at radius 2 is 1.45 bits per heavy atom. The lowest BCUT2D eigenvalue weighted by atomic mass is 9.97. The molecule has 0 saturated heterocycles. The van der Waals surface area contributed by atoms with Gasteiger partial charge in [0, 0.05) is 21.5 Å². The van der Waals surface area contributed by atoms with Gasteiger partial charge in [0.25, 0.3) is 0 Å². The van der Waals surface area contributed by atoms with Crippen molar-refractivity contribution in [3.8, 4) is 33.8 Å². The zero-order chi connectivity index (χ0) is 22.4. The fourth-order valence-electron chi connectivity index (χ4n) is 4.24. The number of aryl methyl sites for hydroxylation is 1. The summed E-state index contributed by atoms with van der Waals surface area (Å²) in [6.07, 6.45) is 0. The van der Waals surface area contributed by atoms with Crippen LogP contribution in [0, 0.1) is 6.92 Å². The molecule has 0 atom stereocenters. The SMILES string of the molecule is Cc1ccc(Cl)cc1-c1cccc(-c2nc(-c3ccccc3)nc3c2oc2ccccc23)c1. The van der Waals surface area contributed by atoms with Crippen molar-refractivity contribution in [2.24, 2.45) is 0 Å². The van der Waals surface area contributed by atoms with Gasteiger partial charge in [0.05, 0.1) is 0 Å². The second kappa shape index (κ2) is 7.88. The molecule has 0 radical (unpaired) electrons. The Hall–Kier alpha value is -3.95. The number of hydrogen-bond donors (Lipinski definition) is 0. The molecule has 0 spiro atoms. The van der Waals surface area contributed by atoms with Crippen molar-refractivity contribution in [2.45, 2.75) is 6.92 Å². The highest BCUT2D eigenvalue weighted by Crippen LogP contribution is 2.37. The van der Waals surface area contributed by atoms with Crippen LogP contribution in [-0.2, 0) is 0 Å². The van der Waals surface area contributed by atoms with Crippen molar-refractivity contribution >= 4 is 33.7 Å². The summed E-state index contributed by atoms with van der Waals surface area (Å²) < 4.78 is 6.27. The minimum atomic E-state index is 0.675. The molecule has 4 heteroatoms. The van der Waals surface area contributed by atoms with Gasteiger partial charge < -0.3 is 4.42 Å². The van der Waals surface area contributed by atoms with Crippen LogP contribution in [0.25, 0.3) is 55.8 Å². The molecule has 0 saturated carbocycles. The highest BCUT2D eigenvalue weighted by molar-refractivity contribution is 6.30. The summed E-state index contributed by atoms with van der Waals surface area (Å²) in [5, 5.41) is 1.70. The van der Waals surface area contributed by atoms with E-state index in [0.717, 1.165) is 50.0 Å². The lowest BCUT2D eigenvalue weighted by molar-refractivity contribution is 0.667. The highest BCUT2D eigenvalue weighted by atomic mass is 35.5. The standard InChI is InChI=1S/C29H19ClN2O/c1-18-14-15-22(30)17-24(18)20-10-7-11-21(16-20)26-28-27(23-12-5-6-13-25(23)33-28)32-29(31-26)19-8-3-2-4-9-19/h2-17H,1H3. The maximum atomic E-state index is 6.30. The molecule has 0 fully saturated rings. The van der Waals surface area contributed by atoms with Gasteiger partial charge in [0.15, 0.2) is 11.4 Å². The van der Waals surface area contributed by atoms with Crippen LogP contribution in [-0.4, -0.2) is 9.97 Å². The van der Waals surface area contributed by atoms with Crippen molar-refractivity contribution in [3.05, 3.63) is 108 Å². The number of halogens is 1. The Bertz CT molecular complexity index is 1640. The number of nitrogens with zero attached hydrogens (tertiary/aromatic N) is 2. The second-order valence-corrected chi connectivity index (χ2v) is 8.51. The Morgan fingerprint density at radius 1 is 0.697 bits per heavy atom. The minimum Gasteiger partial charge on any atom is -0.452 e. The van der Waals surface area contributed by atoms with Crippen LogP contribution < -0.4 is 0 Å². The van der Waals surface area contributed by atoms with Gasteiger partial charge >= 0.3 is 0 Å². The molecule has 0 amide bonds. The fourth-order valence-corrected chi connectivity index (χ4v) is 4.41. The van der Waals surface area contributed by atoms with Crippen molar-refractivity contribution < 1.29 is 4.42 Å². The van der Waals surface area contributed by atoms with Crippen molar-refractivity contribution in [1.29, 1.82) is 0 Å². The Balaban J connectivity index is 1.63. The molecule has 4 aromatic carbocycles. The third-order valence-corrected chi connectivity index (χ3v) is 6.13. The van der Waals surface area contributed by atoms with E-state index >= 15 is 0 Å². The van der Waals surface area contributed by atoms with Crippen molar-refractivity contribution in [1.82, 2.24) is 9.97 Å². The normalized spacial score (nSPS) is 11.3. The summed E-state index contributed by atoms with van der Waals surface area (Å²) in [5.41, 5.74) is 8.36. The van der Waals surface area contributed by atoms with Gasteiger partial charge in [-0.3, -0.25) is 0 Å². The third-order valence-electron chi connectivity index (χ3n) is 5.90. The van der Waals surface area contributed by atoms with Crippen LogP contribution in [0.1, 0.15) is 5.56 Å². The van der Waals surface area contributed by atoms with E-state index in [4.69, 9.17) is 26.0 Å².